The van der Waals surface area contributed by atoms with Gasteiger partial charge in [-0.25, -0.2) is 15.0 Å². The zero-order chi connectivity index (χ0) is 20.5. The van der Waals surface area contributed by atoms with Crippen LogP contribution < -0.4 is 15.5 Å². The summed E-state index contributed by atoms with van der Waals surface area (Å²) in [4.78, 5) is 15.8. The average molecular weight is 391 g/mol. The van der Waals surface area contributed by atoms with E-state index in [0.29, 0.717) is 60.9 Å². The Morgan fingerprint density at radius 2 is 1.79 bits per heavy atom. The zero-order valence-electron chi connectivity index (χ0n) is 15.6. The van der Waals surface area contributed by atoms with E-state index in [-0.39, 0.29) is 5.95 Å². The number of hydrogen-bond donors (Lipinski definition) is 1. The topological polar surface area (TPSA) is 95.0 Å². The first-order chi connectivity index (χ1) is 13.2. The third kappa shape index (κ3) is 3.78. The van der Waals surface area contributed by atoms with Gasteiger partial charge >= 0.3 is 6.18 Å². The second-order valence-electron chi connectivity index (χ2n) is 6.61. The van der Waals surface area contributed by atoms with E-state index in [2.05, 4.69) is 21.0 Å². The van der Waals surface area contributed by atoms with Crippen LogP contribution in [0.5, 0.6) is 0 Å². The summed E-state index contributed by atoms with van der Waals surface area (Å²) in [5.41, 5.74) is 7.28. The molecule has 3 rings (SSSR count). The van der Waals surface area contributed by atoms with Crippen LogP contribution in [0.4, 0.5) is 30.6 Å². The summed E-state index contributed by atoms with van der Waals surface area (Å²) < 4.78 is 38.8. The first-order valence-electron chi connectivity index (χ1n) is 8.79. The predicted molar refractivity (Wildman–Crippen MR) is 98.9 cm³/mol. The van der Waals surface area contributed by atoms with Crippen LogP contribution >= 0.6 is 0 Å². The average Bonchev–Trinajstić information content (AvgIpc) is 2.91. The molecule has 10 heteroatoms. The fraction of sp³-hybridized carbons (Fsp3) is 0.444. The number of nitrogen functional groups attached to an aromatic ring is 1. The predicted octanol–water partition coefficient (Wildman–Crippen LogP) is 2.68. The molecule has 0 aromatic carbocycles. The van der Waals surface area contributed by atoms with Gasteiger partial charge in [-0.15, -0.1) is 0 Å². The number of nitrogens with zero attached hydrogens (tertiary/aromatic N) is 6. The maximum Gasteiger partial charge on any atom is 0.433 e. The lowest BCUT2D eigenvalue weighted by atomic mass is 10.1. The van der Waals surface area contributed by atoms with Gasteiger partial charge in [0.25, 0.3) is 0 Å². The summed E-state index contributed by atoms with van der Waals surface area (Å²) >= 11 is 0. The molecular weight excluding hydrogens is 371 g/mol. The molecule has 0 saturated carbocycles. The number of pyridine rings is 1. The van der Waals surface area contributed by atoms with Crippen molar-refractivity contribution in [3.63, 3.8) is 0 Å². The van der Waals surface area contributed by atoms with Crippen LogP contribution in [-0.2, 0) is 6.18 Å². The quantitative estimate of drug-likeness (QED) is 0.841. The van der Waals surface area contributed by atoms with Crippen LogP contribution in [0.2, 0.25) is 0 Å². The highest BCUT2D eigenvalue weighted by molar-refractivity contribution is 5.67. The van der Waals surface area contributed by atoms with Crippen molar-refractivity contribution in [2.24, 2.45) is 0 Å². The minimum absolute atomic E-state index is 0.0507. The normalized spacial score (nSPS) is 15.3. The minimum Gasteiger partial charge on any atom is -0.397 e. The van der Waals surface area contributed by atoms with Crippen LogP contribution in [0.1, 0.15) is 28.9 Å². The van der Waals surface area contributed by atoms with Crippen molar-refractivity contribution >= 4 is 17.5 Å². The summed E-state index contributed by atoms with van der Waals surface area (Å²) in [7, 11) is 0. The van der Waals surface area contributed by atoms with Gasteiger partial charge in [-0.1, -0.05) is 0 Å². The van der Waals surface area contributed by atoms with Crippen molar-refractivity contribution in [2.75, 3.05) is 41.7 Å². The Bertz CT molecular complexity index is 921. The molecule has 1 fully saturated rings. The van der Waals surface area contributed by atoms with Gasteiger partial charge in [-0.3, -0.25) is 0 Å². The smallest absolute Gasteiger partial charge is 0.397 e. The van der Waals surface area contributed by atoms with Gasteiger partial charge in [0, 0.05) is 32.4 Å². The molecule has 1 aliphatic rings. The van der Waals surface area contributed by atoms with Crippen molar-refractivity contribution in [3.8, 4) is 6.07 Å². The number of nitriles is 1. The Morgan fingerprint density at radius 1 is 1.11 bits per heavy atom. The maximum atomic E-state index is 12.9. The Labute approximate surface area is 160 Å². The number of aryl methyl sites for hydroxylation is 1. The van der Waals surface area contributed by atoms with Gasteiger partial charge in [0.15, 0.2) is 0 Å². The Morgan fingerprint density at radius 3 is 2.46 bits per heavy atom. The van der Waals surface area contributed by atoms with E-state index in [1.807, 2.05) is 4.90 Å². The van der Waals surface area contributed by atoms with Gasteiger partial charge in [0.1, 0.15) is 17.6 Å². The van der Waals surface area contributed by atoms with E-state index in [1.165, 1.54) is 0 Å². The summed E-state index contributed by atoms with van der Waals surface area (Å²) in [5.74, 6) is 0.605. The molecule has 0 amide bonds. The van der Waals surface area contributed by atoms with E-state index in [1.54, 1.807) is 18.7 Å². The van der Waals surface area contributed by atoms with Crippen molar-refractivity contribution in [1.82, 2.24) is 15.0 Å². The van der Waals surface area contributed by atoms with Crippen LogP contribution in [-0.4, -0.2) is 41.1 Å². The first kappa shape index (κ1) is 19.7. The summed E-state index contributed by atoms with van der Waals surface area (Å²) in [5, 5.41) is 9.54. The summed E-state index contributed by atoms with van der Waals surface area (Å²) in [6, 6.07) is 3.03. The third-order valence-corrected chi connectivity index (χ3v) is 4.79. The fourth-order valence-corrected chi connectivity index (χ4v) is 3.20. The molecule has 1 saturated heterocycles. The Kier molecular flexibility index (Phi) is 5.27. The van der Waals surface area contributed by atoms with Crippen LogP contribution in [0.15, 0.2) is 12.3 Å². The highest BCUT2D eigenvalue weighted by atomic mass is 19.4. The highest BCUT2D eigenvalue weighted by Crippen LogP contribution is 2.30. The molecule has 0 atom stereocenters. The van der Waals surface area contributed by atoms with Gasteiger partial charge in [0.2, 0.25) is 5.95 Å². The largest absolute Gasteiger partial charge is 0.433 e. The van der Waals surface area contributed by atoms with Crippen LogP contribution in [0.25, 0.3) is 0 Å². The number of anilines is 3. The molecule has 148 valence electrons. The molecule has 28 heavy (non-hydrogen) atoms. The standard InChI is InChI=1S/C18H20F3N7/c1-11-13(10-22)16(25-12(2)15(11)23)27-6-3-7-28(9-8-27)17-24-5-4-14(26-17)18(19,20)21/h4-5H,3,6-9,23H2,1-2H3. The van der Waals surface area contributed by atoms with Crippen LogP contribution in [0.3, 0.4) is 0 Å². The lowest BCUT2D eigenvalue weighted by Gasteiger charge is -2.25. The number of rotatable bonds is 2. The summed E-state index contributed by atoms with van der Waals surface area (Å²) in [6.45, 7) is 5.58. The van der Waals surface area contributed by atoms with Gasteiger partial charge in [0.05, 0.1) is 16.9 Å². The van der Waals surface area contributed by atoms with Crippen molar-refractivity contribution in [3.05, 3.63) is 34.8 Å². The second-order valence-corrected chi connectivity index (χ2v) is 6.61. The van der Waals surface area contributed by atoms with E-state index in [4.69, 9.17) is 5.73 Å². The SMILES string of the molecule is Cc1nc(N2CCCN(c3nccc(C(F)(F)F)n3)CC2)c(C#N)c(C)c1N. The number of halogens is 3. The molecule has 7 nitrogen and oxygen atoms in total. The molecular formula is C18H20F3N7. The molecule has 2 aromatic heterocycles. The van der Waals surface area contributed by atoms with Gasteiger partial charge in [-0.2, -0.15) is 18.4 Å². The molecule has 2 aromatic rings. The molecule has 0 unspecified atom stereocenters. The molecule has 0 spiro atoms. The summed E-state index contributed by atoms with van der Waals surface area (Å²) in [6.07, 6.45) is -2.73. The number of hydrogen-bond acceptors (Lipinski definition) is 7. The fourth-order valence-electron chi connectivity index (χ4n) is 3.20. The highest BCUT2D eigenvalue weighted by Gasteiger charge is 2.33. The van der Waals surface area contributed by atoms with E-state index < -0.39 is 11.9 Å². The third-order valence-electron chi connectivity index (χ3n) is 4.79. The number of alkyl halides is 3. The Balaban J connectivity index is 1.85. The van der Waals surface area contributed by atoms with Crippen molar-refractivity contribution in [2.45, 2.75) is 26.4 Å². The number of nitrogens with two attached hydrogens (primary N) is 1. The van der Waals surface area contributed by atoms with Gasteiger partial charge in [-0.05, 0) is 31.9 Å². The molecule has 0 bridgehead atoms. The molecule has 0 radical (unpaired) electrons. The monoisotopic (exact) mass is 391 g/mol. The Hall–Kier alpha value is -3.09. The minimum atomic E-state index is -4.51. The molecule has 3 heterocycles. The maximum absolute atomic E-state index is 12.9. The molecule has 2 N–H and O–H groups in total. The van der Waals surface area contributed by atoms with E-state index in [9.17, 15) is 18.4 Å². The molecule has 1 aliphatic heterocycles. The first-order valence-corrected chi connectivity index (χ1v) is 8.79. The van der Waals surface area contributed by atoms with E-state index in [0.717, 1.165) is 12.3 Å². The molecule has 0 aliphatic carbocycles. The second kappa shape index (κ2) is 7.50. The lowest BCUT2D eigenvalue weighted by Crippen LogP contribution is -2.33. The van der Waals surface area contributed by atoms with Crippen LogP contribution in [0, 0.1) is 25.2 Å². The number of aromatic nitrogens is 3. The van der Waals surface area contributed by atoms with Crippen molar-refractivity contribution < 1.29 is 13.2 Å². The zero-order valence-corrected chi connectivity index (χ0v) is 15.6. The van der Waals surface area contributed by atoms with E-state index >= 15 is 0 Å². The lowest BCUT2D eigenvalue weighted by molar-refractivity contribution is -0.141. The van der Waals surface area contributed by atoms with Gasteiger partial charge < -0.3 is 15.5 Å². The van der Waals surface area contributed by atoms with Crippen molar-refractivity contribution in [1.29, 1.82) is 5.26 Å².